The number of hydrogen-bond acceptors (Lipinski definition) is 3. The van der Waals surface area contributed by atoms with Crippen molar-refractivity contribution >= 4 is 17.2 Å². The first-order chi connectivity index (χ1) is 11.4. The topological polar surface area (TPSA) is 63.5 Å². The quantitative estimate of drug-likeness (QED) is 0.807. The molecule has 0 aliphatic rings. The molecule has 0 aliphatic heterocycles. The SMILES string of the molecule is Cc1cccc(CC(=O)Nc2c(C)nc3ccc(C)cn3c2=O)c1. The summed E-state index contributed by atoms with van der Waals surface area (Å²) in [6.45, 7) is 5.61. The van der Waals surface area contributed by atoms with E-state index in [9.17, 15) is 9.59 Å². The highest BCUT2D eigenvalue weighted by molar-refractivity contribution is 5.92. The predicted molar refractivity (Wildman–Crippen MR) is 94.4 cm³/mol. The second-order valence-electron chi connectivity index (χ2n) is 6.03. The third-order valence-electron chi connectivity index (χ3n) is 3.86. The van der Waals surface area contributed by atoms with Gasteiger partial charge in [0.2, 0.25) is 5.91 Å². The van der Waals surface area contributed by atoms with E-state index in [-0.39, 0.29) is 23.6 Å². The lowest BCUT2D eigenvalue weighted by Gasteiger charge is -2.10. The highest BCUT2D eigenvalue weighted by Crippen LogP contribution is 2.11. The van der Waals surface area contributed by atoms with Gasteiger partial charge in [-0.2, -0.15) is 0 Å². The number of fused-ring (bicyclic) bond motifs is 1. The molecule has 3 aromatic rings. The van der Waals surface area contributed by atoms with Crippen LogP contribution in [-0.2, 0) is 11.2 Å². The Labute approximate surface area is 140 Å². The van der Waals surface area contributed by atoms with Gasteiger partial charge in [0.1, 0.15) is 11.3 Å². The van der Waals surface area contributed by atoms with E-state index in [0.717, 1.165) is 16.7 Å². The van der Waals surface area contributed by atoms with Crippen LogP contribution in [0, 0.1) is 20.8 Å². The molecule has 0 radical (unpaired) electrons. The molecule has 0 atom stereocenters. The third kappa shape index (κ3) is 3.20. The molecule has 0 saturated heterocycles. The maximum atomic E-state index is 12.7. The van der Waals surface area contributed by atoms with Gasteiger partial charge < -0.3 is 5.32 Å². The lowest BCUT2D eigenvalue weighted by atomic mass is 10.1. The summed E-state index contributed by atoms with van der Waals surface area (Å²) in [5.41, 5.74) is 4.01. The number of aryl methyl sites for hydroxylation is 3. The Hall–Kier alpha value is -2.95. The average Bonchev–Trinajstić information content (AvgIpc) is 2.52. The van der Waals surface area contributed by atoms with Gasteiger partial charge >= 0.3 is 0 Å². The molecule has 24 heavy (non-hydrogen) atoms. The summed E-state index contributed by atoms with van der Waals surface area (Å²) in [7, 11) is 0. The number of hydrogen-bond donors (Lipinski definition) is 1. The minimum absolute atomic E-state index is 0.219. The van der Waals surface area contributed by atoms with Gasteiger partial charge in [0.05, 0.1) is 12.1 Å². The van der Waals surface area contributed by atoms with Crippen LogP contribution in [0.1, 0.15) is 22.4 Å². The van der Waals surface area contributed by atoms with E-state index in [1.54, 1.807) is 19.2 Å². The summed E-state index contributed by atoms with van der Waals surface area (Å²) in [5, 5.41) is 2.72. The van der Waals surface area contributed by atoms with Gasteiger partial charge in [-0.15, -0.1) is 0 Å². The van der Waals surface area contributed by atoms with Crippen LogP contribution in [-0.4, -0.2) is 15.3 Å². The molecule has 2 heterocycles. The van der Waals surface area contributed by atoms with Crippen molar-refractivity contribution in [2.24, 2.45) is 0 Å². The summed E-state index contributed by atoms with van der Waals surface area (Å²) in [5.74, 6) is -0.227. The van der Waals surface area contributed by atoms with Crippen LogP contribution in [0.5, 0.6) is 0 Å². The highest BCUT2D eigenvalue weighted by Gasteiger charge is 2.13. The highest BCUT2D eigenvalue weighted by atomic mass is 16.2. The first kappa shape index (κ1) is 15.9. The molecule has 5 heteroatoms. The summed E-state index contributed by atoms with van der Waals surface area (Å²) in [6, 6.07) is 11.4. The van der Waals surface area contributed by atoms with Gasteiger partial charge in [0.25, 0.3) is 5.56 Å². The number of amides is 1. The molecular formula is C19H19N3O2. The Balaban J connectivity index is 1.92. The largest absolute Gasteiger partial charge is 0.320 e. The Morgan fingerprint density at radius 2 is 1.92 bits per heavy atom. The van der Waals surface area contributed by atoms with Crippen LogP contribution in [0.4, 0.5) is 5.69 Å². The van der Waals surface area contributed by atoms with Crippen molar-refractivity contribution in [3.8, 4) is 0 Å². The number of carbonyl (C=O) groups is 1. The second-order valence-corrected chi connectivity index (χ2v) is 6.03. The molecule has 0 unspecified atom stereocenters. The Kier molecular flexibility index (Phi) is 4.16. The van der Waals surface area contributed by atoms with Crippen LogP contribution >= 0.6 is 0 Å². The molecule has 3 rings (SSSR count). The monoisotopic (exact) mass is 321 g/mol. The Morgan fingerprint density at radius 3 is 2.67 bits per heavy atom. The molecule has 0 bridgehead atoms. The molecule has 1 aromatic carbocycles. The van der Waals surface area contributed by atoms with E-state index in [4.69, 9.17) is 0 Å². The predicted octanol–water partition coefficient (Wildman–Crippen LogP) is 2.80. The summed E-state index contributed by atoms with van der Waals surface area (Å²) < 4.78 is 1.46. The summed E-state index contributed by atoms with van der Waals surface area (Å²) in [4.78, 5) is 29.4. The number of anilines is 1. The van der Waals surface area contributed by atoms with Crippen molar-refractivity contribution in [1.29, 1.82) is 0 Å². The summed E-state index contributed by atoms with van der Waals surface area (Å²) >= 11 is 0. The van der Waals surface area contributed by atoms with E-state index in [0.29, 0.717) is 11.3 Å². The van der Waals surface area contributed by atoms with E-state index >= 15 is 0 Å². The van der Waals surface area contributed by atoms with Crippen molar-refractivity contribution in [3.05, 3.63) is 75.3 Å². The number of carbonyl (C=O) groups excluding carboxylic acids is 1. The summed E-state index contributed by atoms with van der Waals surface area (Å²) in [6.07, 6.45) is 1.94. The molecule has 0 aliphatic carbocycles. The fourth-order valence-corrected chi connectivity index (χ4v) is 2.69. The van der Waals surface area contributed by atoms with Crippen LogP contribution in [0.2, 0.25) is 0 Å². The fraction of sp³-hybridized carbons (Fsp3) is 0.211. The minimum Gasteiger partial charge on any atom is -0.320 e. The maximum Gasteiger partial charge on any atom is 0.281 e. The molecule has 0 saturated carbocycles. The number of benzene rings is 1. The van der Waals surface area contributed by atoms with Crippen molar-refractivity contribution in [2.45, 2.75) is 27.2 Å². The smallest absolute Gasteiger partial charge is 0.281 e. The molecule has 0 spiro atoms. The standard InChI is InChI=1S/C19H19N3O2/c1-12-5-4-6-15(9-12)10-17(23)21-18-14(3)20-16-8-7-13(2)11-22(16)19(18)24/h4-9,11H,10H2,1-3H3,(H,21,23). The third-order valence-corrected chi connectivity index (χ3v) is 3.86. The molecule has 1 amide bonds. The van der Waals surface area contributed by atoms with Crippen molar-refractivity contribution in [3.63, 3.8) is 0 Å². The first-order valence-electron chi connectivity index (χ1n) is 7.79. The molecule has 122 valence electrons. The molecule has 5 nitrogen and oxygen atoms in total. The van der Waals surface area contributed by atoms with Gasteiger partial charge in [-0.25, -0.2) is 4.98 Å². The van der Waals surface area contributed by atoms with E-state index < -0.39 is 0 Å². The van der Waals surface area contributed by atoms with E-state index in [1.165, 1.54) is 4.40 Å². The molecular weight excluding hydrogens is 302 g/mol. The van der Waals surface area contributed by atoms with Gasteiger partial charge in [0, 0.05) is 6.20 Å². The maximum absolute atomic E-state index is 12.7. The second kappa shape index (κ2) is 6.28. The minimum atomic E-state index is -0.265. The number of pyridine rings is 1. The zero-order valence-electron chi connectivity index (χ0n) is 14.0. The molecule has 1 N–H and O–H groups in total. The Bertz CT molecular complexity index is 990. The van der Waals surface area contributed by atoms with Crippen molar-refractivity contribution < 1.29 is 4.79 Å². The number of nitrogens with zero attached hydrogens (tertiary/aromatic N) is 2. The number of nitrogens with one attached hydrogen (secondary N) is 1. The van der Waals surface area contributed by atoms with Crippen LogP contribution in [0.25, 0.3) is 5.65 Å². The number of rotatable bonds is 3. The van der Waals surface area contributed by atoms with Crippen molar-refractivity contribution in [2.75, 3.05) is 5.32 Å². The van der Waals surface area contributed by atoms with Gasteiger partial charge in [-0.05, 0) is 38.0 Å². The normalized spacial score (nSPS) is 10.8. The fourth-order valence-electron chi connectivity index (χ4n) is 2.69. The number of aromatic nitrogens is 2. The lowest BCUT2D eigenvalue weighted by Crippen LogP contribution is -2.26. The van der Waals surface area contributed by atoms with Gasteiger partial charge in [-0.1, -0.05) is 35.9 Å². The lowest BCUT2D eigenvalue weighted by molar-refractivity contribution is -0.115. The average molecular weight is 321 g/mol. The zero-order valence-corrected chi connectivity index (χ0v) is 14.0. The Morgan fingerprint density at radius 1 is 1.12 bits per heavy atom. The first-order valence-corrected chi connectivity index (χ1v) is 7.79. The van der Waals surface area contributed by atoms with Crippen LogP contribution < -0.4 is 10.9 Å². The van der Waals surface area contributed by atoms with Crippen LogP contribution in [0.15, 0.2) is 47.4 Å². The van der Waals surface area contributed by atoms with Crippen molar-refractivity contribution in [1.82, 2.24) is 9.38 Å². The molecule has 0 fully saturated rings. The van der Waals surface area contributed by atoms with E-state index in [1.807, 2.05) is 44.2 Å². The zero-order chi connectivity index (χ0) is 17.3. The van der Waals surface area contributed by atoms with E-state index in [2.05, 4.69) is 10.3 Å². The van der Waals surface area contributed by atoms with Gasteiger partial charge in [0.15, 0.2) is 0 Å². The van der Waals surface area contributed by atoms with Gasteiger partial charge in [-0.3, -0.25) is 14.0 Å². The molecule has 2 aromatic heterocycles. The van der Waals surface area contributed by atoms with Crippen LogP contribution in [0.3, 0.4) is 0 Å².